The highest BCUT2D eigenvalue weighted by Crippen LogP contribution is 2.17. The standard InChI is InChI=1S/C14H20N6O/c1-2-20-10-17-18-14(20)9-16-12(8-13(15)19-21)11-6-4-3-5-7-11/h3-7,10,12,16,21H,2,8-9H2,1H3,(H2,15,19). The van der Waals surface area contributed by atoms with Crippen molar-refractivity contribution in [3.63, 3.8) is 0 Å². The summed E-state index contributed by atoms with van der Waals surface area (Å²) in [5, 5.41) is 23.2. The van der Waals surface area contributed by atoms with Crippen LogP contribution in [0.3, 0.4) is 0 Å². The summed E-state index contributed by atoms with van der Waals surface area (Å²) < 4.78 is 1.97. The summed E-state index contributed by atoms with van der Waals surface area (Å²) in [7, 11) is 0. The van der Waals surface area contributed by atoms with Crippen LogP contribution < -0.4 is 11.1 Å². The Hall–Kier alpha value is -2.41. The molecule has 0 aliphatic rings. The molecule has 0 bridgehead atoms. The molecule has 0 radical (unpaired) electrons. The van der Waals surface area contributed by atoms with Crippen LogP contribution in [0.2, 0.25) is 0 Å². The Morgan fingerprint density at radius 1 is 1.43 bits per heavy atom. The monoisotopic (exact) mass is 288 g/mol. The highest BCUT2D eigenvalue weighted by molar-refractivity contribution is 5.80. The van der Waals surface area contributed by atoms with E-state index < -0.39 is 0 Å². The Bertz CT molecular complexity index is 580. The van der Waals surface area contributed by atoms with Crippen LogP contribution in [0.4, 0.5) is 0 Å². The van der Waals surface area contributed by atoms with Crippen molar-refractivity contribution >= 4 is 5.84 Å². The first-order valence-electron chi connectivity index (χ1n) is 6.86. The SMILES string of the molecule is CCn1cnnc1CNC(C/C(N)=N/O)c1ccccc1. The molecule has 7 heteroatoms. The number of aryl methyl sites for hydroxylation is 1. The van der Waals surface area contributed by atoms with Gasteiger partial charge in [-0.1, -0.05) is 35.5 Å². The van der Waals surface area contributed by atoms with Gasteiger partial charge in [0.05, 0.1) is 6.54 Å². The van der Waals surface area contributed by atoms with Crippen molar-refractivity contribution in [3.8, 4) is 0 Å². The van der Waals surface area contributed by atoms with Crippen LogP contribution in [-0.4, -0.2) is 25.8 Å². The van der Waals surface area contributed by atoms with Gasteiger partial charge in [0, 0.05) is 19.0 Å². The second-order valence-corrected chi connectivity index (χ2v) is 4.67. The molecule has 2 aromatic rings. The van der Waals surface area contributed by atoms with Gasteiger partial charge in [-0.15, -0.1) is 10.2 Å². The van der Waals surface area contributed by atoms with E-state index in [-0.39, 0.29) is 11.9 Å². The first kappa shape index (κ1) is 15.0. The predicted octanol–water partition coefficient (Wildman–Crippen LogP) is 1.27. The summed E-state index contributed by atoms with van der Waals surface area (Å²) in [6.07, 6.45) is 2.12. The lowest BCUT2D eigenvalue weighted by Crippen LogP contribution is -2.27. The van der Waals surface area contributed by atoms with Crippen molar-refractivity contribution in [1.29, 1.82) is 0 Å². The average molecular weight is 288 g/mol. The fourth-order valence-corrected chi connectivity index (χ4v) is 2.14. The third-order valence-corrected chi connectivity index (χ3v) is 3.29. The Labute approximate surface area is 123 Å². The van der Waals surface area contributed by atoms with Crippen LogP contribution in [0.25, 0.3) is 0 Å². The molecule has 0 saturated heterocycles. The second kappa shape index (κ2) is 7.39. The molecule has 0 spiro atoms. The number of nitrogens with one attached hydrogen (secondary N) is 1. The largest absolute Gasteiger partial charge is 0.409 e. The molecule has 1 aromatic heterocycles. The van der Waals surface area contributed by atoms with Gasteiger partial charge in [-0.05, 0) is 12.5 Å². The number of hydrogen-bond acceptors (Lipinski definition) is 5. The third-order valence-electron chi connectivity index (χ3n) is 3.29. The number of aromatic nitrogens is 3. The first-order chi connectivity index (χ1) is 10.2. The van der Waals surface area contributed by atoms with Gasteiger partial charge < -0.3 is 20.8 Å². The summed E-state index contributed by atoms with van der Waals surface area (Å²) in [5.41, 5.74) is 6.72. The lowest BCUT2D eigenvalue weighted by molar-refractivity contribution is 0.315. The molecule has 112 valence electrons. The summed E-state index contributed by atoms with van der Waals surface area (Å²) in [5.74, 6) is 1.05. The fourth-order valence-electron chi connectivity index (χ4n) is 2.14. The van der Waals surface area contributed by atoms with E-state index in [9.17, 15) is 0 Å². The third kappa shape index (κ3) is 4.03. The van der Waals surface area contributed by atoms with Gasteiger partial charge in [0.1, 0.15) is 18.0 Å². The summed E-state index contributed by atoms with van der Waals surface area (Å²) in [6.45, 7) is 3.42. The van der Waals surface area contributed by atoms with Gasteiger partial charge in [-0.25, -0.2) is 0 Å². The zero-order valence-electron chi connectivity index (χ0n) is 12.0. The quantitative estimate of drug-likeness (QED) is 0.308. The van der Waals surface area contributed by atoms with E-state index in [4.69, 9.17) is 10.9 Å². The van der Waals surface area contributed by atoms with Gasteiger partial charge in [-0.3, -0.25) is 0 Å². The van der Waals surface area contributed by atoms with E-state index in [0.29, 0.717) is 13.0 Å². The lowest BCUT2D eigenvalue weighted by Gasteiger charge is -2.18. The number of amidine groups is 1. The molecule has 0 saturated carbocycles. The molecule has 0 aliphatic carbocycles. The number of oxime groups is 1. The van der Waals surface area contributed by atoms with E-state index in [0.717, 1.165) is 17.9 Å². The Morgan fingerprint density at radius 3 is 2.86 bits per heavy atom. The molecule has 0 aliphatic heterocycles. The molecule has 7 nitrogen and oxygen atoms in total. The highest BCUT2D eigenvalue weighted by Gasteiger charge is 2.14. The topological polar surface area (TPSA) is 101 Å². The van der Waals surface area contributed by atoms with Crippen molar-refractivity contribution in [2.24, 2.45) is 10.9 Å². The van der Waals surface area contributed by atoms with Crippen LogP contribution in [-0.2, 0) is 13.1 Å². The van der Waals surface area contributed by atoms with Crippen molar-refractivity contribution in [1.82, 2.24) is 20.1 Å². The number of rotatable bonds is 7. The summed E-state index contributed by atoms with van der Waals surface area (Å²) >= 11 is 0. The van der Waals surface area contributed by atoms with Gasteiger partial charge in [-0.2, -0.15) is 0 Å². The lowest BCUT2D eigenvalue weighted by atomic mass is 10.0. The summed E-state index contributed by atoms with van der Waals surface area (Å²) in [6, 6.07) is 9.84. The molecule has 2 rings (SSSR count). The molecule has 21 heavy (non-hydrogen) atoms. The van der Waals surface area contributed by atoms with E-state index in [1.54, 1.807) is 6.33 Å². The smallest absolute Gasteiger partial charge is 0.146 e. The molecular weight excluding hydrogens is 268 g/mol. The Kier molecular flexibility index (Phi) is 5.28. The van der Waals surface area contributed by atoms with Crippen LogP contribution in [0.15, 0.2) is 41.8 Å². The van der Waals surface area contributed by atoms with Crippen molar-refractivity contribution in [2.45, 2.75) is 32.5 Å². The van der Waals surface area contributed by atoms with Crippen molar-refractivity contribution in [3.05, 3.63) is 48.0 Å². The Morgan fingerprint density at radius 2 is 2.19 bits per heavy atom. The van der Waals surface area contributed by atoms with E-state index >= 15 is 0 Å². The van der Waals surface area contributed by atoms with E-state index in [1.165, 1.54) is 0 Å². The van der Waals surface area contributed by atoms with Crippen LogP contribution in [0.5, 0.6) is 0 Å². The minimum atomic E-state index is -0.0518. The second-order valence-electron chi connectivity index (χ2n) is 4.67. The van der Waals surface area contributed by atoms with Crippen molar-refractivity contribution < 1.29 is 5.21 Å². The molecule has 4 N–H and O–H groups in total. The maximum Gasteiger partial charge on any atom is 0.146 e. The molecule has 1 heterocycles. The zero-order valence-corrected chi connectivity index (χ0v) is 12.0. The minimum absolute atomic E-state index is 0.0518. The number of benzene rings is 1. The maximum absolute atomic E-state index is 8.77. The van der Waals surface area contributed by atoms with E-state index in [2.05, 4.69) is 20.7 Å². The molecule has 1 atom stereocenters. The highest BCUT2D eigenvalue weighted by atomic mass is 16.4. The summed E-state index contributed by atoms with van der Waals surface area (Å²) in [4.78, 5) is 0. The maximum atomic E-state index is 8.77. The first-order valence-corrected chi connectivity index (χ1v) is 6.86. The molecule has 0 amide bonds. The number of nitrogens with two attached hydrogens (primary N) is 1. The van der Waals surface area contributed by atoms with Gasteiger partial charge in [0.25, 0.3) is 0 Å². The van der Waals surface area contributed by atoms with Crippen molar-refractivity contribution in [2.75, 3.05) is 0 Å². The molecule has 0 fully saturated rings. The number of hydrogen-bond donors (Lipinski definition) is 3. The van der Waals surface area contributed by atoms with Crippen LogP contribution in [0, 0.1) is 0 Å². The Balaban J connectivity index is 2.09. The normalized spacial score (nSPS) is 13.3. The van der Waals surface area contributed by atoms with Crippen LogP contribution in [0.1, 0.15) is 30.8 Å². The predicted molar refractivity (Wildman–Crippen MR) is 79.7 cm³/mol. The fraction of sp³-hybridized carbons (Fsp3) is 0.357. The van der Waals surface area contributed by atoms with Crippen LogP contribution >= 0.6 is 0 Å². The van der Waals surface area contributed by atoms with E-state index in [1.807, 2.05) is 41.8 Å². The molecule has 1 unspecified atom stereocenters. The van der Waals surface area contributed by atoms with Gasteiger partial charge in [0.15, 0.2) is 0 Å². The number of nitrogens with zero attached hydrogens (tertiary/aromatic N) is 4. The van der Waals surface area contributed by atoms with Gasteiger partial charge >= 0.3 is 0 Å². The minimum Gasteiger partial charge on any atom is -0.409 e. The molecular formula is C14H20N6O. The van der Waals surface area contributed by atoms with Gasteiger partial charge in [0.2, 0.25) is 0 Å². The zero-order chi connectivity index (χ0) is 15.1. The average Bonchev–Trinajstić information content (AvgIpc) is 2.99. The molecule has 1 aromatic carbocycles.